The minimum atomic E-state index is 0.812. The summed E-state index contributed by atoms with van der Waals surface area (Å²) < 4.78 is 6.80. The highest BCUT2D eigenvalue weighted by Gasteiger charge is 2.08. The maximum atomic E-state index is 5.72. The summed E-state index contributed by atoms with van der Waals surface area (Å²) in [5, 5.41) is 0. The van der Waals surface area contributed by atoms with E-state index in [0.29, 0.717) is 0 Å². The molecule has 0 aromatic heterocycles. The molecule has 1 saturated heterocycles. The van der Waals surface area contributed by atoms with E-state index in [1.54, 1.807) is 0 Å². The van der Waals surface area contributed by atoms with Crippen molar-refractivity contribution in [1.82, 2.24) is 4.90 Å². The Kier molecular flexibility index (Phi) is 5.33. The van der Waals surface area contributed by atoms with Crippen LogP contribution in [0.1, 0.15) is 25.7 Å². The van der Waals surface area contributed by atoms with Crippen molar-refractivity contribution in [2.45, 2.75) is 25.7 Å². The van der Waals surface area contributed by atoms with Gasteiger partial charge in [0.1, 0.15) is 5.75 Å². The molecule has 0 aliphatic carbocycles. The predicted molar refractivity (Wildman–Crippen MR) is 74.5 cm³/mol. The van der Waals surface area contributed by atoms with Crippen molar-refractivity contribution in [1.29, 1.82) is 0 Å². The van der Waals surface area contributed by atoms with Crippen molar-refractivity contribution in [3.05, 3.63) is 28.7 Å². The van der Waals surface area contributed by atoms with Crippen LogP contribution in [0, 0.1) is 0 Å². The first-order valence-electron chi connectivity index (χ1n) is 6.45. The van der Waals surface area contributed by atoms with E-state index < -0.39 is 0 Å². The summed E-state index contributed by atoms with van der Waals surface area (Å²) in [6, 6.07) is 8.04. The molecule has 1 aliphatic rings. The molecule has 1 aliphatic heterocycles. The van der Waals surface area contributed by atoms with Gasteiger partial charge >= 0.3 is 0 Å². The van der Waals surface area contributed by atoms with E-state index in [0.717, 1.165) is 23.2 Å². The molecule has 0 spiro atoms. The van der Waals surface area contributed by atoms with Gasteiger partial charge in [-0.25, -0.2) is 0 Å². The number of ether oxygens (including phenoxy) is 1. The number of hydrogen-bond donors (Lipinski definition) is 0. The van der Waals surface area contributed by atoms with Crippen molar-refractivity contribution >= 4 is 15.9 Å². The first kappa shape index (κ1) is 12.9. The summed E-state index contributed by atoms with van der Waals surface area (Å²) in [5.41, 5.74) is 0. The lowest BCUT2D eigenvalue weighted by molar-refractivity contribution is 0.205. The standard InChI is InChI=1S/C14H20BrNO/c15-13-6-4-7-14(12-13)17-11-5-10-16-8-2-1-3-9-16/h4,6-7,12H,1-3,5,8-11H2. The van der Waals surface area contributed by atoms with E-state index in [-0.39, 0.29) is 0 Å². The molecule has 0 atom stereocenters. The molecule has 1 aromatic carbocycles. The first-order chi connectivity index (χ1) is 8.34. The van der Waals surface area contributed by atoms with Gasteiger partial charge in [0.15, 0.2) is 0 Å². The van der Waals surface area contributed by atoms with Crippen LogP contribution in [-0.4, -0.2) is 31.1 Å². The molecule has 0 bridgehead atoms. The zero-order valence-corrected chi connectivity index (χ0v) is 11.8. The molecule has 0 unspecified atom stereocenters. The highest BCUT2D eigenvalue weighted by atomic mass is 79.9. The molecular weight excluding hydrogens is 278 g/mol. The number of benzene rings is 1. The molecule has 3 heteroatoms. The number of halogens is 1. The van der Waals surface area contributed by atoms with Crippen molar-refractivity contribution in [3.63, 3.8) is 0 Å². The van der Waals surface area contributed by atoms with E-state index >= 15 is 0 Å². The van der Waals surface area contributed by atoms with Crippen molar-refractivity contribution < 1.29 is 4.74 Å². The topological polar surface area (TPSA) is 12.5 Å². The van der Waals surface area contributed by atoms with Crippen LogP contribution in [0.3, 0.4) is 0 Å². The number of likely N-dealkylation sites (tertiary alicyclic amines) is 1. The largest absolute Gasteiger partial charge is 0.494 e. The Labute approximate surface area is 112 Å². The predicted octanol–water partition coefficient (Wildman–Crippen LogP) is 3.70. The van der Waals surface area contributed by atoms with Gasteiger partial charge in [-0.15, -0.1) is 0 Å². The molecule has 0 amide bonds. The first-order valence-corrected chi connectivity index (χ1v) is 7.24. The van der Waals surface area contributed by atoms with Gasteiger partial charge < -0.3 is 9.64 Å². The zero-order chi connectivity index (χ0) is 11.9. The average molecular weight is 298 g/mol. The molecule has 0 saturated carbocycles. The van der Waals surface area contributed by atoms with E-state index in [2.05, 4.69) is 20.8 Å². The molecular formula is C14H20BrNO. The summed E-state index contributed by atoms with van der Waals surface area (Å²) >= 11 is 3.45. The second kappa shape index (κ2) is 7.02. The minimum absolute atomic E-state index is 0.812. The normalized spacial score (nSPS) is 17.0. The Hall–Kier alpha value is -0.540. The SMILES string of the molecule is Brc1cccc(OCCCN2CCCCC2)c1. The molecule has 1 heterocycles. The lowest BCUT2D eigenvalue weighted by atomic mass is 10.1. The fourth-order valence-electron chi connectivity index (χ4n) is 2.22. The summed E-state index contributed by atoms with van der Waals surface area (Å²) in [6.07, 6.45) is 5.26. The van der Waals surface area contributed by atoms with Crippen LogP contribution >= 0.6 is 15.9 Å². The Morgan fingerprint density at radius 3 is 2.76 bits per heavy atom. The third-order valence-corrected chi connectivity index (χ3v) is 3.63. The summed E-state index contributed by atoms with van der Waals surface area (Å²) in [5.74, 6) is 0.956. The van der Waals surface area contributed by atoms with E-state index in [1.807, 2.05) is 24.3 Å². The Balaban J connectivity index is 1.62. The summed E-state index contributed by atoms with van der Waals surface area (Å²) in [4.78, 5) is 2.55. The molecule has 1 fully saturated rings. The van der Waals surface area contributed by atoms with Crippen molar-refractivity contribution in [3.8, 4) is 5.75 Å². The second-order valence-electron chi connectivity index (χ2n) is 4.56. The minimum Gasteiger partial charge on any atom is -0.494 e. The number of piperidine rings is 1. The van der Waals surface area contributed by atoms with Gasteiger partial charge in [-0.3, -0.25) is 0 Å². The van der Waals surface area contributed by atoms with Crippen LogP contribution in [0.15, 0.2) is 28.7 Å². The molecule has 0 radical (unpaired) electrons. The lowest BCUT2D eigenvalue weighted by Crippen LogP contribution is -2.31. The van der Waals surface area contributed by atoms with Crippen LogP contribution in [0.5, 0.6) is 5.75 Å². The van der Waals surface area contributed by atoms with Gasteiger partial charge in [0.2, 0.25) is 0 Å². The van der Waals surface area contributed by atoms with E-state index in [9.17, 15) is 0 Å². The fraction of sp³-hybridized carbons (Fsp3) is 0.571. The lowest BCUT2D eigenvalue weighted by Gasteiger charge is -2.26. The fourth-order valence-corrected chi connectivity index (χ4v) is 2.60. The second-order valence-corrected chi connectivity index (χ2v) is 5.48. The van der Waals surface area contributed by atoms with Crippen LogP contribution in [0.2, 0.25) is 0 Å². The zero-order valence-electron chi connectivity index (χ0n) is 10.2. The van der Waals surface area contributed by atoms with Gasteiger partial charge in [-0.05, 0) is 50.6 Å². The monoisotopic (exact) mass is 297 g/mol. The smallest absolute Gasteiger partial charge is 0.120 e. The Morgan fingerprint density at radius 1 is 1.18 bits per heavy atom. The van der Waals surface area contributed by atoms with Gasteiger partial charge in [0.25, 0.3) is 0 Å². The third kappa shape index (κ3) is 4.68. The highest BCUT2D eigenvalue weighted by molar-refractivity contribution is 9.10. The highest BCUT2D eigenvalue weighted by Crippen LogP contribution is 2.17. The van der Waals surface area contributed by atoms with Crippen molar-refractivity contribution in [2.24, 2.45) is 0 Å². The van der Waals surface area contributed by atoms with Crippen LogP contribution in [0.25, 0.3) is 0 Å². The van der Waals surface area contributed by atoms with Gasteiger partial charge in [-0.2, -0.15) is 0 Å². The molecule has 94 valence electrons. The van der Waals surface area contributed by atoms with E-state index in [4.69, 9.17) is 4.74 Å². The average Bonchev–Trinajstić information content (AvgIpc) is 2.36. The maximum Gasteiger partial charge on any atom is 0.120 e. The third-order valence-electron chi connectivity index (χ3n) is 3.13. The quantitative estimate of drug-likeness (QED) is 0.768. The maximum absolute atomic E-state index is 5.72. The van der Waals surface area contributed by atoms with Crippen LogP contribution in [-0.2, 0) is 0 Å². The molecule has 17 heavy (non-hydrogen) atoms. The van der Waals surface area contributed by atoms with Gasteiger partial charge in [-0.1, -0.05) is 28.4 Å². The molecule has 0 N–H and O–H groups in total. The van der Waals surface area contributed by atoms with Gasteiger partial charge in [0.05, 0.1) is 6.61 Å². The van der Waals surface area contributed by atoms with Gasteiger partial charge in [0, 0.05) is 11.0 Å². The molecule has 2 nitrogen and oxygen atoms in total. The number of rotatable bonds is 5. The number of nitrogens with zero attached hydrogens (tertiary/aromatic N) is 1. The molecule has 1 aromatic rings. The summed E-state index contributed by atoms with van der Waals surface area (Å²) in [6.45, 7) is 4.54. The van der Waals surface area contributed by atoms with E-state index in [1.165, 1.54) is 38.9 Å². The molecule has 2 rings (SSSR count). The summed E-state index contributed by atoms with van der Waals surface area (Å²) in [7, 11) is 0. The van der Waals surface area contributed by atoms with Crippen LogP contribution < -0.4 is 4.74 Å². The van der Waals surface area contributed by atoms with Crippen LogP contribution in [0.4, 0.5) is 0 Å². The Bertz CT molecular complexity index is 337. The van der Waals surface area contributed by atoms with Crippen molar-refractivity contribution in [2.75, 3.05) is 26.2 Å². The Morgan fingerprint density at radius 2 is 2.00 bits per heavy atom. The number of hydrogen-bond acceptors (Lipinski definition) is 2.